The Hall–Kier alpha value is -0.870. The number of carbonyl (C=O) groups excluding carboxylic acids is 1. The molecule has 0 saturated carbocycles. The molecule has 4 heteroatoms. The summed E-state index contributed by atoms with van der Waals surface area (Å²) in [5.74, 6) is -0.0858. The van der Waals surface area contributed by atoms with Crippen molar-refractivity contribution < 1.29 is 15.0 Å². The highest BCUT2D eigenvalue weighted by molar-refractivity contribution is 5.76. The number of hydrogen-bond acceptors (Lipinski definition) is 3. The van der Waals surface area contributed by atoms with Gasteiger partial charge in [-0.15, -0.1) is 0 Å². The van der Waals surface area contributed by atoms with E-state index in [0.717, 1.165) is 12.8 Å². The maximum absolute atomic E-state index is 11.9. The Morgan fingerprint density at radius 2 is 1.25 bits per heavy atom. The van der Waals surface area contributed by atoms with E-state index in [-0.39, 0.29) is 12.5 Å². The Kier molecular flexibility index (Phi) is 20.2. The average molecular weight is 398 g/mol. The standard InChI is InChI=1S/C24H47NO3/c1-3-5-6-7-8-9-10-11-12-13-14-15-16-17-18-20-24(28)25-22(21-26)23(27)19-4-2/h4,19,22-23,26-27H,3,5-18,20-21H2,1-2H3,(H,25,28)/b19-4+/t22-,23+/m0/s1. The van der Waals surface area contributed by atoms with Gasteiger partial charge in [-0.2, -0.15) is 0 Å². The van der Waals surface area contributed by atoms with Crippen LogP contribution in [0.1, 0.15) is 117 Å². The largest absolute Gasteiger partial charge is 0.394 e. The van der Waals surface area contributed by atoms with Crippen molar-refractivity contribution in [3.8, 4) is 0 Å². The fourth-order valence-electron chi connectivity index (χ4n) is 3.51. The van der Waals surface area contributed by atoms with E-state index in [2.05, 4.69) is 12.2 Å². The quantitative estimate of drug-likeness (QED) is 0.183. The van der Waals surface area contributed by atoms with E-state index in [9.17, 15) is 15.0 Å². The summed E-state index contributed by atoms with van der Waals surface area (Å²) in [5.41, 5.74) is 0. The smallest absolute Gasteiger partial charge is 0.220 e. The van der Waals surface area contributed by atoms with Gasteiger partial charge in [0.25, 0.3) is 0 Å². The number of amides is 1. The summed E-state index contributed by atoms with van der Waals surface area (Å²) in [6.45, 7) is 3.81. The SMILES string of the molecule is C/C=C/[C@@H](O)[C@H](CO)NC(=O)CCCCCCCCCCCCCCCCC. The van der Waals surface area contributed by atoms with Crippen LogP contribution < -0.4 is 5.32 Å². The molecule has 0 aliphatic rings. The van der Waals surface area contributed by atoms with Gasteiger partial charge in [0.05, 0.1) is 18.8 Å². The topological polar surface area (TPSA) is 69.6 Å². The van der Waals surface area contributed by atoms with Gasteiger partial charge in [0.1, 0.15) is 0 Å². The van der Waals surface area contributed by atoms with Crippen LogP contribution in [0.25, 0.3) is 0 Å². The van der Waals surface area contributed by atoms with E-state index >= 15 is 0 Å². The highest BCUT2D eigenvalue weighted by Gasteiger charge is 2.17. The maximum atomic E-state index is 11.9. The second-order valence-corrected chi connectivity index (χ2v) is 8.07. The molecule has 0 radical (unpaired) electrons. The Balaban J connectivity index is 3.39. The van der Waals surface area contributed by atoms with E-state index in [1.807, 2.05) is 0 Å². The monoisotopic (exact) mass is 397 g/mol. The molecule has 0 aromatic rings. The van der Waals surface area contributed by atoms with Crippen LogP contribution in [-0.2, 0) is 4.79 Å². The van der Waals surface area contributed by atoms with Gasteiger partial charge in [0.2, 0.25) is 5.91 Å². The molecule has 3 N–H and O–H groups in total. The summed E-state index contributed by atoms with van der Waals surface area (Å²) in [6.07, 6.45) is 22.5. The van der Waals surface area contributed by atoms with Gasteiger partial charge < -0.3 is 15.5 Å². The average Bonchev–Trinajstić information content (AvgIpc) is 2.69. The number of nitrogens with one attached hydrogen (secondary N) is 1. The van der Waals surface area contributed by atoms with E-state index < -0.39 is 12.1 Å². The Morgan fingerprint density at radius 3 is 1.64 bits per heavy atom. The number of aliphatic hydroxyl groups excluding tert-OH is 2. The molecule has 0 heterocycles. The first kappa shape index (κ1) is 27.1. The van der Waals surface area contributed by atoms with Gasteiger partial charge in [-0.3, -0.25) is 4.79 Å². The number of unbranched alkanes of at least 4 members (excludes halogenated alkanes) is 14. The zero-order valence-electron chi connectivity index (χ0n) is 18.6. The molecular formula is C24H47NO3. The molecule has 0 aromatic carbocycles. The molecule has 0 rings (SSSR count). The lowest BCUT2D eigenvalue weighted by Crippen LogP contribution is -2.45. The molecule has 0 unspecified atom stereocenters. The minimum atomic E-state index is -0.833. The predicted octanol–water partition coefficient (Wildman–Crippen LogP) is 5.66. The van der Waals surface area contributed by atoms with Crippen molar-refractivity contribution in [2.45, 2.75) is 129 Å². The fourth-order valence-corrected chi connectivity index (χ4v) is 3.51. The Morgan fingerprint density at radius 1 is 0.821 bits per heavy atom. The number of allylic oxidation sites excluding steroid dienone is 1. The number of aliphatic hydroxyl groups is 2. The summed E-state index contributed by atoms with van der Waals surface area (Å²) in [7, 11) is 0. The van der Waals surface area contributed by atoms with Gasteiger partial charge in [0.15, 0.2) is 0 Å². The summed E-state index contributed by atoms with van der Waals surface area (Å²) >= 11 is 0. The molecule has 0 saturated heterocycles. The maximum Gasteiger partial charge on any atom is 0.220 e. The summed E-state index contributed by atoms with van der Waals surface area (Å²) in [6, 6.07) is -0.611. The molecule has 0 aliphatic heterocycles. The molecule has 0 fully saturated rings. The molecule has 0 aliphatic carbocycles. The van der Waals surface area contributed by atoms with E-state index in [1.54, 1.807) is 19.1 Å². The van der Waals surface area contributed by atoms with Crippen LogP contribution in [0.4, 0.5) is 0 Å². The van der Waals surface area contributed by atoms with Crippen molar-refractivity contribution in [2.24, 2.45) is 0 Å². The van der Waals surface area contributed by atoms with Crippen LogP contribution in [0.5, 0.6) is 0 Å². The predicted molar refractivity (Wildman–Crippen MR) is 119 cm³/mol. The van der Waals surface area contributed by atoms with Crippen molar-refractivity contribution in [2.75, 3.05) is 6.61 Å². The second-order valence-electron chi connectivity index (χ2n) is 8.07. The van der Waals surface area contributed by atoms with Crippen LogP contribution in [0.3, 0.4) is 0 Å². The Bertz CT molecular complexity index is 371. The van der Waals surface area contributed by atoms with E-state index in [1.165, 1.54) is 83.5 Å². The van der Waals surface area contributed by atoms with Crippen molar-refractivity contribution >= 4 is 5.91 Å². The molecule has 0 spiro atoms. The third-order valence-electron chi connectivity index (χ3n) is 5.35. The molecule has 0 aromatic heterocycles. The van der Waals surface area contributed by atoms with Crippen molar-refractivity contribution in [3.63, 3.8) is 0 Å². The normalized spacial score (nSPS) is 13.7. The third-order valence-corrected chi connectivity index (χ3v) is 5.35. The minimum absolute atomic E-state index is 0.0858. The molecular weight excluding hydrogens is 350 g/mol. The number of carbonyl (C=O) groups is 1. The highest BCUT2D eigenvalue weighted by Crippen LogP contribution is 2.13. The van der Waals surface area contributed by atoms with Gasteiger partial charge in [-0.05, 0) is 13.3 Å². The minimum Gasteiger partial charge on any atom is -0.394 e. The lowest BCUT2D eigenvalue weighted by Gasteiger charge is -2.19. The van der Waals surface area contributed by atoms with Crippen LogP contribution >= 0.6 is 0 Å². The van der Waals surface area contributed by atoms with Gasteiger partial charge in [-0.1, -0.05) is 109 Å². The molecule has 166 valence electrons. The van der Waals surface area contributed by atoms with Crippen molar-refractivity contribution in [1.82, 2.24) is 5.32 Å². The van der Waals surface area contributed by atoms with E-state index in [4.69, 9.17) is 0 Å². The number of hydrogen-bond donors (Lipinski definition) is 3. The highest BCUT2D eigenvalue weighted by atomic mass is 16.3. The molecule has 4 nitrogen and oxygen atoms in total. The Labute approximate surface area is 174 Å². The van der Waals surface area contributed by atoms with Crippen molar-refractivity contribution in [1.29, 1.82) is 0 Å². The fraction of sp³-hybridized carbons (Fsp3) is 0.875. The van der Waals surface area contributed by atoms with Crippen LogP contribution in [0.15, 0.2) is 12.2 Å². The lowest BCUT2D eigenvalue weighted by atomic mass is 10.0. The molecule has 1 amide bonds. The zero-order chi connectivity index (χ0) is 20.9. The summed E-state index contributed by atoms with van der Waals surface area (Å²) < 4.78 is 0. The second kappa shape index (κ2) is 20.9. The molecule has 0 bridgehead atoms. The summed E-state index contributed by atoms with van der Waals surface area (Å²) in [4.78, 5) is 11.9. The van der Waals surface area contributed by atoms with Gasteiger partial charge in [-0.25, -0.2) is 0 Å². The first-order chi connectivity index (χ1) is 13.7. The zero-order valence-corrected chi connectivity index (χ0v) is 18.6. The van der Waals surface area contributed by atoms with E-state index in [0.29, 0.717) is 6.42 Å². The summed E-state index contributed by atoms with van der Waals surface area (Å²) in [5, 5.41) is 21.8. The van der Waals surface area contributed by atoms with Gasteiger partial charge in [0, 0.05) is 6.42 Å². The van der Waals surface area contributed by atoms with Crippen LogP contribution in [-0.4, -0.2) is 34.9 Å². The van der Waals surface area contributed by atoms with Crippen LogP contribution in [0.2, 0.25) is 0 Å². The number of rotatable bonds is 20. The molecule has 2 atom stereocenters. The van der Waals surface area contributed by atoms with Crippen molar-refractivity contribution in [3.05, 3.63) is 12.2 Å². The van der Waals surface area contributed by atoms with Gasteiger partial charge >= 0.3 is 0 Å². The van der Waals surface area contributed by atoms with Crippen LogP contribution in [0, 0.1) is 0 Å². The first-order valence-corrected chi connectivity index (χ1v) is 11.9. The lowest BCUT2D eigenvalue weighted by molar-refractivity contribution is -0.123. The third kappa shape index (κ3) is 17.2. The first-order valence-electron chi connectivity index (χ1n) is 11.9. The molecule has 28 heavy (non-hydrogen) atoms.